The van der Waals surface area contributed by atoms with Crippen molar-refractivity contribution in [3.05, 3.63) is 71.4 Å². The summed E-state index contributed by atoms with van der Waals surface area (Å²) in [6.45, 7) is 3.80. The zero-order valence-electron chi connectivity index (χ0n) is 32.7. The normalized spacial score (nSPS) is 16.4. The second-order valence-corrected chi connectivity index (χ2v) is 14.6. The number of benzene rings is 2. The molecule has 0 aliphatic carbocycles. The molecule has 0 radical (unpaired) electrons. The number of nitriles is 1. The van der Waals surface area contributed by atoms with Gasteiger partial charge in [-0.3, -0.25) is 33.8 Å². The third-order valence-electron chi connectivity index (χ3n) is 10.3. The summed E-state index contributed by atoms with van der Waals surface area (Å²) in [6, 6.07) is 14.7. The van der Waals surface area contributed by atoms with E-state index in [1.54, 1.807) is 29.2 Å². The number of piperidine rings is 1. The number of nitrogens with one attached hydrogen (secondary N) is 4. The van der Waals surface area contributed by atoms with E-state index >= 15 is 0 Å². The quantitative estimate of drug-likeness (QED) is 0.158. The molecule has 58 heavy (non-hydrogen) atoms. The van der Waals surface area contributed by atoms with E-state index in [4.69, 9.17) is 5.26 Å². The summed E-state index contributed by atoms with van der Waals surface area (Å²) < 4.78 is 27.5. The van der Waals surface area contributed by atoms with Crippen LogP contribution in [-0.4, -0.2) is 120 Å². The van der Waals surface area contributed by atoms with Gasteiger partial charge in [-0.1, -0.05) is 43.3 Å². The molecule has 0 saturated carbocycles. The minimum absolute atomic E-state index is 0.0402. The molecule has 1 atom stereocenters. The van der Waals surface area contributed by atoms with E-state index < -0.39 is 49.2 Å². The van der Waals surface area contributed by atoms with Crippen molar-refractivity contribution in [2.75, 3.05) is 58.2 Å². The number of rotatable bonds is 16. The summed E-state index contributed by atoms with van der Waals surface area (Å²) in [5.74, 6) is -5.87. The lowest BCUT2D eigenvalue weighted by Gasteiger charge is -2.31. The van der Waals surface area contributed by atoms with Crippen LogP contribution in [0.15, 0.2) is 54.7 Å². The second kappa shape index (κ2) is 19.9. The highest BCUT2D eigenvalue weighted by Crippen LogP contribution is 2.32. The summed E-state index contributed by atoms with van der Waals surface area (Å²) in [5.41, 5.74) is 2.83. The number of hydrogen-bond donors (Lipinski definition) is 4. The fraction of sp³-hybridized carbons (Fsp3) is 0.463. The molecule has 6 amide bonds. The van der Waals surface area contributed by atoms with Crippen molar-refractivity contribution in [3.8, 4) is 6.07 Å². The Morgan fingerprint density at radius 1 is 0.914 bits per heavy atom. The fourth-order valence-electron chi connectivity index (χ4n) is 6.95. The lowest BCUT2D eigenvalue weighted by molar-refractivity contribution is -0.135. The Bertz CT molecular complexity index is 2030. The van der Waals surface area contributed by atoms with Crippen LogP contribution < -0.4 is 21.3 Å². The van der Waals surface area contributed by atoms with Gasteiger partial charge < -0.3 is 36.0 Å². The molecule has 0 spiro atoms. The minimum Gasteiger partial charge on any atom is -0.354 e. The van der Waals surface area contributed by atoms with Crippen LogP contribution in [0, 0.1) is 17.2 Å². The maximum absolute atomic E-state index is 13.8. The maximum Gasteiger partial charge on any atom is 0.268 e. The van der Waals surface area contributed by atoms with Crippen LogP contribution in [0.1, 0.15) is 60.5 Å². The van der Waals surface area contributed by atoms with Crippen molar-refractivity contribution >= 4 is 52.0 Å². The molecule has 4 N–H and O–H groups in total. The molecular weight excluding hydrogens is 753 g/mol. The predicted molar refractivity (Wildman–Crippen MR) is 210 cm³/mol. The number of likely N-dealkylation sites (tertiary alicyclic amines) is 2. The Hall–Kier alpha value is -6.02. The zero-order chi connectivity index (χ0) is 41.8. The van der Waals surface area contributed by atoms with Crippen LogP contribution >= 0.6 is 0 Å². The lowest BCUT2D eigenvalue weighted by Crippen LogP contribution is -2.44. The number of nitrogens with zero attached hydrogens (tertiary/aromatic N) is 5. The molecule has 17 heteroatoms. The van der Waals surface area contributed by atoms with Crippen LogP contribution in [0.5, 0.6) is 0 Å². The number of halogens is 2. The molecule has 5 rings (SSSR count). The molecule has 2 fully saturated rings. The van der Waals surface area contributed by atoms with Gasteiger partial charge in [0.05, 0.1) is 42.3 Å². The van der Waals surface area contributed by atoms with Crippen LogP contribution in [-0.2, 0) is 36.9 Å². The van der Waals surface area contributed by atoms with E-state index in [9.17, 15) is 37.5 Å². The molecule has 1 aromatic heterocycles. The first-order valence-electron chi connectivity index (χ1n) is 19.4. The number of carbonyl (C=O) groups excluding carboxylic acids is 6. The molecule has 308 valence electrons. The van der Waals surface area contributed by atoms with Crippen molar-refractivity contribution in [2.24, 2.45) is 5.92 Å². The Morgan fingerprint density at radius 3 is 2.31 bits per heavy atom. The molecule has 0 bridgehead atoms. The number of aromatic nitrogens is 1. The molecule has 2 aliphatic heterocycles. The number of para-hydroxylation sites is 1. The van der Waals surface area contributed by atoms with E-state index in [1.807, 2.05) is 12.1 Å². The highest BCUT2D eigenvalue weighted by Gasteiger charge is 2.47. The SMILES string of the molecule is CCN(C)Cc1ccc(CC(=O)N2CCC(C(=O)NCCNC(=O)CCC(=O)Nc3cccc4c(C(=O)NCC(=O)N5CC(F)(F)CC5C#N)ccnc34)CC2)cc1. The van der Waals surface area contributed by atoms with Crippen molar-refractivity contribution in [3.63, 3.8) is 0 Å². The van der Waals surface area contributed by atoms with E-state index in [0.717, 1.165) is 23.6 Å². The van der Waals surface area contributed by atoms with Gasteiger partial charge in [0.25, 0.3) is 11.8 Å². The Morgan fingerprint density at radius 2 is 1.60 bits per heavy atom. The van der Waals surface area contributed by atoms with Crippen LogP contribution in [0.2, 0.25) is 0 Å². The van der Waals surface area contributed by atoms with Crippen LogP contribution in [0.25, 0.3) is 10.9 Å². The van der Waals surface area contributed by atoms with Crippen molar-refractivity contribution in [1.29, 1.82) is 5.26 Å². The van der Waals surface area contributed by atoms with Crippen molar-refractivity contribution in [1.82, 2.24) is 35.6 Å². The summed E-state index contributed by atoms with van der Waals surface area (Å²) in [4.78, 5) is 85.5. The van der Waals surface area contributed by atoms with Crippen molar-refractivity contribution < 1.29 is 37.5 Å². The second-order valence-electron chi connectivity index (χ2n) is 14.6. The number of fused-ring (bicyclic) bond motifs is 1. The lowest BCUT2D eigenvalue weighted by atomic mass is 9.95. The molecule has 3 heterocycles. The van der Waals surface area contributed by atoms with E-state index in [1.165, 1.54) is 17.8 Å². The predicted octanol–water partition coefficient (Wildman–Crippen LogP) is 2.61. The minimum atomic E-state index is -3.18. The van der Waals surface area contributed by atoms with Gasteiger partial charge in [-0.25, -0.2) is 8.78 Å². The van der Waals surface area contributed by atoms with Gasteiger partial charge in [-0.15, -0.1) is 0 Å². The first-order chi connectivity index (χ1) is 27.8. The standard InChI is InChI=1S/C41H49F2N9O6/c1-3-50(2)25-28-9-7-27(8-10-28)21-36(55)51-19-14-29(15-20-51)39(57)47-18-17-45-34(53)11-12-35(54)49-33-6-4-5-31-32(13-16-46-38(31)33)40(58)48-24-37(56)52-26-41(42,43)22-30(52)23-44/h4-10,13,16,29-30H,3,11-12,14-15,17-22,24-26H2,1-2H3,(H,45,53)(H,47,57)(H,48,58)(H,49,54). The van der Waals surface area contributed by atoms with Gasteiger partial charge in [0.2, 0.25) is 29.5 Å². The third kappa shape index (κ3) is 11.8. The summed E-state index contributed by atoms with van der Waals surface area (Å²) >= 11 is 0. The number of carbonyl (C=O) groups is 6. The van der Waals surface area contributed by atoms with Gasteiger partial charge in [-0.2, -0.15) is 5.26 Å². The largest absolute Gasteiger partial charge is 0.354 e. The molecular formula is C41H49F2N9O6. The average molecular weight is 802 g/mol. The fourth-order valence-corrected chi connectivity index (χ4v) is 6.95. The number of alkyl halides is 2. The van der Waals surface area contributed by atoms with E-state index in [-0.39, 0.29) is 66.3 Å². The van der Waals surface area contributed by atoms with Gasteiger partial charge >= 0.3 is 0 Å². The highest BCUT2D eigenvalue weighted by molar-refractivity contribution is 6.10. The Kier molecular flexibility index (Phi) is 14.8. The Labute approximate surface area is 335 Å². The highest BCUT2D eigenvalue weighted by atomic mass is 19.3. The first kappa shape index (κ1) is 43.1. The smallest absolute Gasteiger partial charge is 0.268 e. The molecule has 2 aliphatic rings. The number of amides is 6. The number of pyridine rings is 1. The van der Waals surface area contributed by atoms with Crippen LogP contribution in [0.3, 0.4) is 0 Å². The van der Waals surface area contributed by atoms with Crippen molar-refractivity contribution in [2.45, 2.75) is 64.0 Å². The average Bonchev–Trinajstić information content (AvgIpc) is 3.55. The zero-order valence-corrected chi connectivity index (χ0v) is 32.7. The molecule has 2 aromatic carbocycles. The monoisotopic (exact) mass is 801 g/mol. The third-order valence-corrected chi connectivity index (χ3v) is 10.3. The van der Waals surface area contributed by atoms with E-state index in [0.29, 0.717) is 37.7 Å². The van der Waals surface area contributed by atoms with Gasteiger partial charge in [0.1, 0.15) is 6.04 Å². The first-order valence-corrected chi connectivity index (χ1v) is 19.4. The molecule has 15 nitrogen and oxygen atoms in total. The molecule has 2 saturated heterocycles. The van der Waals surface area contributed by atoms with Gasteiger partial charge in [-0.05, 0) is 49.7 Å². The number of hydrogen-bond acceptors (Lipinski definition) is 9. The van der Waals surface area contributed by atoms with E-state index in [2.05, 4.69) is 57.3 Å². The maximum atomic E-state index is 13.8. The van der Waals surface area contributed by atoms with Crippen LogP contribution in [0.4, 0.5) is 14.5 Å². The Balaban J connectivity index is 0.986. The molecule has 3 aromatic rings. The number of anilines is 1. The van der Waals surface area contributed by atoms with Gasteiger partial charge in [0, 0.05) is 69.5 Å². The summed E-state index contributed by atoms with van der Waals surface area (Å²) in [7, 11) is 2.06. The summed E-state index contributed by atoms with van der Waals surface area (Å²) in [6.07, 6.45) is 1.72. The topological polar surface area (TPSA) is 197 Å². The molecule has 1 unspecified atom stereocenters. The van der Waals surface area contributed by atoms with Gasteiger partial charge in [0.15, 0.2) is 0 Å². The summed E-state index contributed by atoms with van der Waals surface area (Å²) in [5, 5.41) is 20.2.